The van der Waals surface area contributed by atoms with Crippen LogP contribution < -0.4 is 10.8 Å². The Hall–Kier alpha value is -3.98. The van der Waals surface area contributed by atoms with E-state index in [2.05, 4.69) is 15.9 Å². The molecule has 2 N–H and O–H groups in total. The summed E-state index contributed by atoms with van der Waals surface area (Å²) in [5.74, 6) is -0.348. The minimum atomic E-state index is -3.02. The van der Waals surface area contributed by atoms with E-state index in [1.165, 1.54) is 16.2 Å². The summed E-state index contributed by atoms with van der Waals surface area (Å²) in [5, 5.41) is 9.04. The normalized spacial score (nSPS) is 17.6. The number of likely N-dealkylation sites (tertiary alicyclic amines) is 1. The minimum absolute atomic E-state index is 0.105. The highest BCUT2D eigenvalue weighted by atomic mass is 32.1. The predicted molar refractivity (Wildman–Crippen MR) is 154 cm³/mol. The van der Waals surface area contributed by atoms with Gasteiger partial charge in [-0.1, -0.05) is 12.1 Å². The zero-order chi connectivity index (χ0) is 31.6. The summed E-state index contributed by atoms with van der Waals surface area (Å²) < 4.78 is 58.4. The zero-order valence-electron chi connectivity index (χ0n) is 24.2. The Kier molecular flexibility index (Phi) is 9.25. The lowest BCUT2D eigenvalue weighted by atomic mass is 9.97. The molecule has 2 amide bonds. The Balaban J connectivity index is 1.14. The van der Waals surface area contributed by atoms with Crippen LogP contribution in [0.15, 0.2) is 41.8 Å². The number of carbonyl (C=O) groups excluding carboxylic acids is 2. The summed E-state index contributed by atoms with van der Waals surface area (Å²) in [7, 11) is 0. The van der Waals surface area contributed by atoms with Crippen LogP contribution in [0.5, 0.6) is 0 Å². The third-order valence-corrected chi connectivity index (χ3v) is 8.06. The van der Waals surface area contributed by atoms with E-state index in [9.17, 15) is 27.2 Å². The Labute approximate surface area is 255 Å². The topological polar surface area (TPSA) is 111 Å². The number of nitrogens with zero attached hydrogens (tertiary/aromatic N) is 4. The predicted octanol–water partition coefficient (Wildman–Crippen LogP) is 6.59. The highest BCUT2D eigenvalue weighted by molar-refractivity contribution is 7.09. The molecule has 0 bridgehead atoms. The SMILES string of the molecule is CC(C)(C)OC(=O)Nc1ccc(C2C=C(c3csc(C4CCN(C(=O)Cn5nc(C(F)F)cc5C(F)F)CC4)n3)NO2)cc1. The molecule has 44 heavy (non-hydrogen) atoms. The second kappa shape index (κ2) is 12.9. The van der Waals surface area contributed by atoms with Crippen molar-refractivity contribution in [3.63, 3.8) is 0 Å². The van der Waals surface area contributed by atoms with Crippen LogP contribution in [-0.4, -0.2) is 50.4 Å². The summed E-state index contributed by atoms with van der Waals surface area (Å²) in [6.45, 7) is 5.62. The molecule has 0 radical (unpaired) electrons. The fraction of sp³-hybridized carbons (Fsp3) is 0.448. The molecule has 2 aromatic heterocycles. The lowest BCUT2D eigenvalue weighted by molar-refractivity contribution is -0.133. The molecule has 2 aliphatic rings. The van der Waals surface area contributed by atoms with Crippen molar-refractivity contribution in [2.24, 2.45) is 0 Å². The van der Waals surface area contributed by atoms with E-state index in [-0.39, 0.29) is 12.0 Å². The number of rotatable bonds is 8. The average molecular weight is 637 g/mol. The highest BCUT2D eigenvalue weighted by Crippen LogP contribution is 2.34. The number of hydroxylamine groups is 1. The van der Waals surface area contributed by atoms with E-state index in [0.717, 1.165) is 22.0 Å². The third kappa shape index (κ3) is 7.56. The maximum atomic E-state index is 13.3. The lowest BCUT2D eigenvalue weighted by Gasteiger charge is -2.31. The summed E-state index contributed by atoms with van der Waals surface area (Å²) in [6.07, 6.45) is -3.76. The van der Waals surface area contributed by atoms with Crippen LogP contribution in [0.25, 0.3) is 5.70 Å². The van der Waals surface area contributed by atoms with Gasteiger partial charge in [0.25, 0.3) is 12.9 Å². The fourth-order valence-electron chi connectivity index (χ4n) is 4.89. The van der Waals surface area contributed by atoms with Gasteiger partial charge in [-0.15, -0.1) is 11.3 Å². The van der Waals surface area contributed by atoms with Gasteiger partial charge < -0.3 is 9.64 Å². The lowest BCUT2D eigenvalue weighted by Crippen LogP contribution is -2.40. The Morgan fingerprint density at radius 1 is 1.14 bits per heavy atom. The number of anilines is 1. The van der Waals surface area contributed by atoms with Crippen LogP contribution >= 0.6 is 11.3 Å². The molecular weight excluding hydrogens is 604 g/mol. The number of alkyl halides is 4. The van der Waals surface area contributed by atoms with E-state index in [1.54, 1.807) is 32.9 Å². The van der Waals surface area contributed by atoms with E-state index in [4.69, 9.17) is 14.6 Å². The molecular formula is C29H32F4N6O4S. The smallest absolute Gasteiger partial charge is 0.412 e. The van der Waals surface area contributed by atoms with E-state index in [0.29, 0.717) is 42.4 Å². The van der Waals surface area contributed by atoms with E-state index < -0.39 is 48.4 Å². The van der Waals surface area contributed by atoms with E-state index >= 15 is 0 Å². The number of carbonyl (C=O) groups is 2. The number of nitrogens with one attached hydrogen (secondary N) is 2. The van der Waals surface area contributed by atoms with Gasteiger partial charge in [0.15, 0.2) is 0 Å². The molecule has 3 aromatic rings. The molecule has 4 heterocycles. The van der Waals surface area contributed by atoms with Crippen LogP contribution in [0, 0.1) is 0 Å². The van der Waals surface area contributed by atoms with Crippen LogP contribution in [-0.2, 0) is 20.9 Å². The number of ether oxygens (including phenoxy) is 1. The van der Waals surface area contributed by atoms with E-state index in [1.807, 2.05) is 23.6 Å². The molecule has 0 spiro atoms. The molecule has 1 aromatic carbocycles. The molecule has 2 aliphatic heterocycles. The summed E-state index contributed by atoms with van der Waals surface area (Å²) in [4.78, 5) is 36.8. The van der Waals surface area contributed by atoms with Crippen molar-refractivity contribution in [3.8, 4) is 0 Å². The molecule has 0 aliphatic carbocycles. The van der Waals surface area contributed by atoms with Gasteiger partial charge in [-0.2, -0.15) is 5.10 Å². The summed E-state index contributed by atoms with van der Waals surface area (Å²) in [5.41, 5.74) is 3.76. The van der Waals surface area contributed by atoms with Crippen LogP contribution in [0.4, 0.5) is 28.0 Å². The number of aromatic nitrogens is 3. The largest absolute Gasteiger partial charge is 0.444 e. The summed E-state index contributed by atoms with van der Waals surface area (Å²) in [6, 6.07) is 7.86. The maximum Gasteiger partial charge on any atom is 0.412 e. The van der Waals surface area contributed by atoms with Crippen molar-refractivity contribution in [3.05, 3.63) is 69.4 Å². The van der Waals surface area contributed by atoms with Crippen LogP contribution in [0.2, 0.25) is 0 Å². The molecule has 15 heteroatoms. The average Bonchev–Trinajstić information content (AvgIpc) is 3.72. The number of amides is 2. The third-order valence-electron chi connectivity index (χ3n) is 7.06. The number of hydrogen-bond donors (Lipinski definition) is 2. The first kappa shape index (κ1) is 31.4. The minimum Gasteiger partial charge on any atom is -0.444 e. The van der Waals surface area contributed by atoms with Gasteiger partial charge in [0.05, 0.1) is 16.4 Å². The molecule has 1 atom stereocenters. The molecule has 236 valence electrons. The van der Waals surface area contributed by atoms with Crippen molar-refractivity contribution in [2.75, 3.05) is 18.4 Å². The molecule has 5 rings (SSSR count). The van der Waals surface area contributed by atoms with Crippen molar-refractivity contribution in [1.29, 1.82) is 0 Å². The Bertz CT molecular complexity index is 1510. The molecule has 1 saturated heterocycles. The Morgan fingerprint density at radius 2 is 1.84 bits per heavy atom. The van der Waals surface area contributed by atoms with Gasteiger partial charge in [0.2, 0.25) is 5.91 Å². The number of piperidine rings is 1. The number of halogens is 4. The molecule has 0 saturated carbocycles. The standard InChI is InChI=1S/C29H32F4N6O4S/c1-29(2,3)42-28(41)34-18-6-4-16(5-7-18)23-13-19(37-43-23)21-15-44-27(35-21)17-8-10-38(11-9-17)24(40)14-39-22(26(32)33)12-20(36-39)25(30)31/h4-7,12-13,15,17,23,25-26,37H,8-11,14H2,1-3H3,(H,34,41). The molecule has 1 fully saturated rings. The number of benzene rings is 1. The van der Waals surface area contributed by atoms with Crippen molar-refractivity contribution >= 4 is 34.7 Å². The number of hydrogen-bond acceptors (Lipinski definition) is 8. The van der Waals surface area contributed by atoms with Gasteiger partial charge in [0.1, 0.15) is 29.6 Å². The Morgan fingerprint density at radius 3 is 2.48 bits per heavy atom. The second-order valence-electron chi connectivity index (χ2n) is 11.4. The highest BCUT2D eigenvalue weighted by Gasteiger charge is 2.29. The van der Waals surface area contributed by atoms with Crippen molar-refractivity contribution < 1.29 is 36.7 Å². The zero-order valence-corrected chi connectivity index (χ0v) is 25.0. The van der Waals surface area contributed by atoms with Gasteiger partial charge in [-0.05, 0) is 63.5 Å². The second-order valence-corrected chi connectivity index (χ2v) is 12.3. The van der Waals surface area contributed by atoms with Crippen LogP contribution in [0.3, 0.4) is 0 Å². The van der Waals surface area contributed by atoms with Gasteiger partial charge >= 0.3 is 6.09 Å². The van der Waals surface area contributed by atoms with Gasteiger partial charge in [-0.25, -0.2) is 27.3 Å². The van der Waals surface area contributed by atoms with Gasteiger partial charge in [0, 0.05) is 30.1 Å². The maximum absolute atomic E-state index is 13.3. The number of thiazole rings is 1. The van der Waals surface area contributed by atoms with Crippen molar-refractivity contribution in [1.82, 2.24) is 25.1 Å². The first-order valence-corrected chi connectivity index (χ1v) is 14.8. The van der Waals surface area contributed by atoms with Crippen LogP contribution in [0.1, 0.15) is 86.1 Å². The van der Waals surface area contributed by atoms with Gasteiger partial charge in [-0.3, -0.25) is 25.1 Å². The van der Waals surface area contributed by atoms with Crippen molar-refractivity contribution in [2.45, 2.75) is 70.6 Å². The quantitative estimate of drug-likeness (QED) is 0.269. The summed E-state index contributed by atoms with van der Waals surface area (Å²) >= 11 is 1.50. The molecule has 10 nitrogen and oxygen atoms in total. The fourth-order valence-corrected chi connectivity index (χ4v) is 5.88. The first-order chi connectivity index (χ1) is 20.9. The molecule has 1 unspecified atom stereocenters. The first-order valence-electron chi connectivity index (χ1n) is 14.0. The monoisotopic (exact) mass is 636 g/mol.